The molecule has 0 saturated carbocycles. The number of hydrogen-bond acceptors (Lipinski definition) is 10. The minimum absolute atomic E-state index is 0. The average molecular weight is 439 g/mol. The van der Waals surface area contributed by atoms with Crippen molar-refractivity contribution in [3.05, 3.63) is 30.8 Å². The molecule has 18 heteroatoms. The van der Waals surface area contributed by atoms with Crippen molar-refractivity contribution in [2.45, 2.75) is 6.92 Å². The van der Waals surface area contributed by atoms with Crippen molar-refractivity contribution in [1.82, 2.24) is 0 Å². The monoisotopic (exact) mass is 439 g/mol. The second-order valence-corrected chi connectivity index (χ2v) is 2.76. The van der Waals surface area contributed by atoms with E-state index < -0.39 is 26.5 Å². The Hall–Kier alpha value is 0.153. The molecule has 128 valence electrons. The fourth-order valence-electron chi connectivity index (χ4n) is 0. The van der Waals surface area contributed by atoms with E-state index in [4.69, 9.17) is 47.2 Å². The molecular weight excluding hydrogens is 426 g/mol. The van der Waals surface area contributed by atoms with Gasteiger partial charge in [0.25, 0.3) is 0 Å². The van der Waals surface area contributed by atoms with Crippen molar-refractivity contribution in [3.63, 3.8) is 0 Å². The number of carboxylic acid groups (broad SMARTS) is 1. The molecule has 0 aliphatic rings. The van der Waals surface area contributed by atoms with Gasteiger partial charge in [0, 0.05) is 5.97 Å². The normalized spacial score (nSPS) is 7.25. The summed E-state index contributed by atoms with van der Waals surface area (Å²) in [6.07, 6.45) is 0. The van der Waals surface area contributed by atoms with Crippen LogP contribution in [0.25, 0.3) is 30.8 Å². The Labute approximate surface area is 131 Å². The van der Waals surface area contributed by atoms with Crippen LogP contribution in [0, 0.1) is 20.5 Å². The van der Waals surface area contributed by atoms with Gasteiger partial charge in [-0.05, 0) is 6.92 Å². The molecule has 0 spiro atoms. The van der Waals surface area contributed by atoms with Crippen molar-refractivity contribution in [1.29, 1.82) is 0 Å². The Morgan fingerprint density at radius 3 is 0.650 bits per heavy atom. The summed E-state index contributed by atoms with van der Waals surface area (Å²) in [6, 6.07) is 0. The number of hydrogen-bond donors (Lipinski definition) is 0. The summed E-state index contributed by atoms with van der Waals surface area (Å²) in [4.78, 5) is 8.89. The van der Waals surface area contributed by atoms with Crippen LogP contribution < -0.4 is 42.4 Å². The van der Waals surface area contributed by atoms with Gasteiger partial charge in [0.15, 0.2) is 0 Å². The Balaban J connectivity index is -0.0000000113. The van der Waals surface area contributed by atoms with Crippen molar-refractivity contribution in [2.75, 3.05) is 0 Å². The molecule has 0 aromatic carbocycles. The number of halogens is 2. The van der Waals surface area contributed by atoms with Crippen LogP contribution in [0.1, 0.15) is 6.92 Å². The number of rotatable bonds is 0. The first-order valence-electron chi connectivity index (χ1n) is 2.14. The zero-order valence-corrected chi connectivity index (χ0v) is 12.8. The summed E-state index contributed by atoms with van der Waals surface area (Å²) in [5.41, 5.74) is 0. The topological polar surface area (TPSA) is 392 Å². The summed E-state index contributed by atoms with van der Waals surface area (Å²) in [6.45, 7) is 0.972. The van der Waals surface area contributed by atoms with Crippen molar-refractivity contribution < 1.29 is 87.1 Å². The van der Waals surface area contributed by atoms with E-state index >= 15 is 0 Å². The molecule has 20 heavy (non-hydrogen) atoms. The molecule has 0 heterocycles. The van der Waals surface area contributed by atoms with E-state index in [2.05, 4.69) is 0 Å². The summed E-state index contributed by atoms with van der Waals surface area (Å²) in [5, 5.41) is 8.89. The number of nitrogens with two attached hydrogens (primary N) is 5. The van der Waals surface area contributed by atoms with Crippen LogP contribution >= 0.6 is 0 Å². The third-order valence-electron chi connectivity index (χ3n) is 0. The summed E-state index contributed by atoms with van der Waals surface area (Å²) >= 11 is 0. The van der Waals surface area contributed by atoms with Crippen molar-refractivity contribution >= 4 is 5.97 Å². The zero-order valence-electron chi connectivity index (χ0n) is 9.58. The predicted molar refractivity (Wildman–Crippen MR) is 37.1 cm³/mol. The van der Waals surface area contributed by atoms with Crippen LogP contribution in [0.4, 0.5) is 0 Å². The molecule has 10 N–H and O–H groups in total. The van der Waals surface area contributed by atoms with Gasteiger partial charge in [-0.3, -0.25) is 0 Å². The summed E-state index contributed by atoms with van der Waals surface area (Å²) < 4.78 is 67.9. The summed E-state index contributed by atoms with van der Waals surface area (Å²) in [7, 11) is -9.89. The second-order valence-electron chi connectivity index (χ2n) is 1.25. The fraction of sp³-hybridized carbons (Fsp3) is 0.500. The van der Waals surface area contributed by atoms with Gasteiger partial charge >= 0.3 is 19.5 Å². The summed E-state index contributed by atoms with van der Waals surface area (Å²) in [5.74, 6) is -1.08. The molecule has 0 unspecified atom stereocenters. The third kappa shape index (κ3) is 227000. The Morgan fingerprint density at radius 2 is 0.650 bits per heavy atom. The van der Waals surface area contributed by atoms with E-state index in [0.717, 1.165) is 6.92 Å². The molecule has 0 amide bonds. The van der Waals surface area contributed by atoms with Gasteiger partial charge in [-0.25, -0.2) is 37.3 Å². The van der Waals surface area contributed by atoms with Gasteiger partial charge in [0.2, 0.25) is 0 Å². The van der Waals surface area contributed by atoms with Crippen LogP contribution in [-0.2, 0) is 24.3 Å². The molecule has 0 radical (unpaired) electrons. The molecule has 0 rings (SSSR count). The van der Waals surface area contributed by atoms with Gasteiger partial charge in [-0.2, -0.15) is 0 Å². The SMILES string of the molecule is CC(=O)[O-].[NH2-].[NH2-].[NH2-].[NH2-].[NH2-].[O-][Cl+3]([O-])([O-])[O-].[O-][Cl+3]([O-])([O-])[O-].[Ru+8]. The molecule has 0 saturated heterocycles. The first kappa shape index (κ1) is 59.4. The van der Waals surface area contributed by atoms with Crippen molar-refractivity contribution in [3.8, 4) is 0 Å². The van der Waals surface area contributed by atoms with E-state index in [1.807, 2.05) is 0 Å². The fourth-order valence-corrected chi connectivity index (χ4v) is 0. The maximum absolute atomic E-state index is 8.89. The van der Waals surface area contributed by atoms with E-state index in [-0.39, 0.29) is 50.2 Å². The van der Waals surface area contributed by atoms with Gasteiger partial charge in [-0.15, -0.1) is 20.5 Å². The van der Waals surface area contributed by atoms with Gasteiger partial charge < -0.3 is 40.7 Å². The van der Waals surface area contributed by atoms with Crippen LogP contribution in [0.2, 0.25) is 0 Å². The van der Waals surface area contributed by atoms with Gasteiger partial charge in [-0.1, -0.05) is 0 Å². The molecule has 0 bridgehead atoms. The van der Waals surface area contributed by atoms with Gasteiger partial charge in [0.1, 0.15) is 0 Å². The van der Waals surface area contributed by atoms with E-state index in [1.165, 1.54) is 0 Å². The van der Waals surface area contributed by atoms with Crippen molar-refractivity contribution in [2.24, 2.45) is 0 Å². The molecule has 0 aliphatic heterocycles. The maximum atomic E-state index is 8.89. The molecular formula is C2H13Cl2N5O10Ru. The molecule has 0 aromatic rings. The van der Waals surface area contributed by atoms with E-state index in [1.54, 1.807) is 0 Å². The third-order valence-corrected chi connectivity index (χ3v) is 0. The average Bonchev–Trinajstić information content (AvgIpc) is 1.45. The molecule has 0 aliphatic carbocycles. The minimum Gasteiger partial charge on any atom is -0.693 e. The predicted octanol–water partition coefficient (Wildman–Crippen LogP) is -7.17. The van der Waals surface area contributed by atoms with Crippen LogP contribution in [0.5, 0.6) is 0 Å². The molecule has 0 atom stereocenters. The first-order chi connectivity index (χ1) is 5.73. The molecule has 0 fully saturated rings. The second kappa shape index (κ2) is 27.5. The maximum Gasteiger partial charge on any atom is 8.00 e. The van der Waals surface area contributed by atoms with Gasteiger partial charge in [0.05, 0.1) is 0 Å². The zero-order chi connectivity index (χ0) is 12.6. The quantitative estimate of drug-likeness (QED) is 0.321. The smallest absolute Gasteiger partial charge is 0.693 e. The minimum atomic E-state index is -4.94. The number of carbonyl (C=O) groups excluding carboxylic acids is 1. The van der Waals surface area contributed by atoms with Crippen LogP contribution in [0.15, 0.2) is 0 Å². The number of aliphatic carboxylic acids is 1. The van der Waals surface area contributed by atoms with Crippen LogP contribution in [-0.4, -0.2) is 5.97 Å². The first-order valence-corrected chi connectivity index (χ1v) is 4.61. The largest absolute Gasteiger partial charge is 8.00 e. The molecule has 0 aromatic heterocycles. The molecule has 15 nitrogen and oxygen atoms in total. The standard InChI is InChI=1S/C2H4O2.2ClHO4.5H2N.Ru/c1-2(3)4;2*2-1(3,4)5;;;;;;/h1H3,(H,3,4);2*(H,2,3,4,5);5*1H2;/q;;;5*-1;+8/p-3. The van der Waals surface area contributed by atoms with E-state index in [0.29, 0.717) is 0 Å². The number of carbonyl (C=O) groups is 1. The van der Waals surface area contributed by atoms with E-state index in [9.17, 15) is 0 Å². The Bertz CT molecular complexity index is 137. The number of carboxylic acids is 1. The van der Waals surface area contributed by atoms with Crippen LogP contribution in [0.3, 0.4) is 0 Å². The Kier molecular flexibility index (Phi) is 81.7. The Morgan fingerprint density at radius 1 is 0.650 bits per heavy atom.